The first-order chi connectivity index (χ1) is 10.1. The summed E-state index contributed by atoms with van der Waals surface area (Å²) in [5.41, 5.74) is 1.02. The van der Waals surface area contributed by atoms with Gasteiger partial charge >= 0.3 is 5.97 Å². The first-order valence-electron chi connectivity index (χ1n) is 7.06. The van der Waals surface area contributed by atoms with Gasteiger partial charge in [-0.3, -0.25) is 9.59 Å². The number of hydrogen-bond donors (Lipinski definition) is 0. The number of esters is 1. The Labute approximate surface area is 123 Å². The van der Waals surface area contributed by atoms with Crippen molar-refractivity contribution < 1.29 is 19.1 Å². The van der Waals surface area contributed by atoms with Gasteiger partial charge in [0.05, 0.1) is 12.5 Å². The standard InChI is InChI=1S/C16H19NO4/c1-12(19)21-15-10-16(20)17(14(15)8-5-9-18)11-13-6-3-2-4-7-13/h2-4,6-7,9,14-15H,5,8,10-11H2,1H3/t14-,15+/m1/s1. The van der Waals surface area contributed by atoms with Crippen molar-refractivity contribution in [3.63, 3.8) is 0 Å². The van der Waals surface area contributed by atoms with Gasteiger partial charge in [0.15, 0.2) is 0 Å². The number of amides is 1. The third-order valence-electron chi connectivity index (χ3n) is 3.62. The fourth-order valence-corrected chi connectivity index (χ4v) is 2.71. The van der Waals surface area contributed by atoms with Crippen LogP contribution >= 0.6 is 0 Å². The zero-order valence-electron chi connectivity index (χ0n) is 12.0. The van der Waals surface area contributed by atoms with Gasteiger partial charge in [0.25, 0.3) is 0 Å². The Hall–Kier alpha value is -2.17. The monoisotopic (exact) mass is 289 g/mol. The average molecular weight is 289 g/mol. The molecule has 0 unspecified atom stereocenters. The molecule has 1 heterocycles. The molecule has 5 heteroatoms. The van der Waals surface area contributed by atoms with E-state index in [-0.39, 0.29) is 18.4 Å². The molecule has 0 bridgehead atoms. The summed E-state index contributed by atoms with van der Waals surface area (Å²) in [7, 11) is 0. The lowest BCUT2D eigenvalue weighted by atomic mass is 10.1. The van der Waals surface area contributed by atoms with Crippen LogP contribution in [0.1, 0.15) is 31.7 Å². The van der Waals surface area contributed by atoms with E-state index in [0.29, 0.717) is 19.4 Å². The van der Waals surface area contributed by atoms with Crippen molar-refractivity contribution in [3.05, 3.63) is 35.9 Å². The van der Waals surface area contributed by atoms with E-state index >= 15 is 0 Å². The molecule has 1 fully saturated rings. The van der Waals surface area contributed by atoms with E-state index in [2.05, 4.69) is 0 Å². The highest BCUT2D eigenvalue weighted by molar-refractivity contribution is 5.80. The van der Waals surface area contributed by atoms with Crippen LogP contribution in [0.2, 0.25) is 0 Å². The van der Waals surface area contributed by atoms with E-state index < -0.39 is 12.1 Å². The van der Waals surface area contributed by atoms with E-state index in [1.54, 1.807) is 4.90 Å². The quantitative estimate of drug-likeness (QED) is 0.590. The van der Waals surface area contributed by atoms with Crippen LogP contribution in [0.3, 0.4) is 0 Å². The van der Waals surface area contributed by atoms with Gasteiger partial charge in [0, 0.05) is 19.9 Å². The molecule has 1 aliphatic rings. The summed E-state index contributed by atoms with van der Waals surface area (Å²) in [5.74, 6) is -0.438. The molecular weight excluding hydrogens is 270 g/mol. The van der Waals surface area contributed by atoms with Gasteiger partial charge in [-0.2, -0.15) is 0 Å². The molecule has 1 aliphatic heterocycles. The molecule has 1 amide bonds. The number of rotatable bonds is 6. The van der Waals surface area contributed by atoms with Crippen LogP contribution < -0.4 is 0 Å². The average Bonchev–Trinajstić information content (AvgIpc) is 2.73. The molecule has 0 aliphatic carbocycles. The Bertz CT molecular complexity index is 514. The summed E-state index contributed by atoms with van der Waals surface area (Å²) in [6, 6.07) is 9.42. The largest absolute Gasteiger partial charge is 0.460 e. The molecule has 1 saturated heterocycles. The van der Waals surface area contributed by atoms with Crippen LogP contribution in [0.4, 0.5) is 0 Å². The molecule has 21 heavy (non-hydrogen) atoms. The fraction of sp³-hybridized carbons (Fsp3) is 0.438. The summed E-state index contributed by atoms with van der Waals surface area (Å²) >= 11 is 0. The van der Waals surface area contributed by atoms with E-state index in [0.717, 1.165) is 11.8 Å². The zero-order chi connectivity index (χ0) is 15.2. The van der Waals surface area contributed by atoms with Gasteiger partial charge in [-0.25, -0.2) is 0 Å². The van der Waals surface area contributed by atoms with Crippen molar-refractivity contribution >= 4 is 18.2 Å². The first-order valence-corrected chi connectivity index (χ1v) is 7.06. The maximum absolute atomic E-state index is 12.2. The van der Waals surface area contributed by atoms with E-state index in [9.17, 15) is 14.4 Å². The molecular formula is C16H19NO4. The SMILES string of the molecule is CC(=O)O[C@H]1CC(=O)N(Cc2ccccc2)[C@@H]1CCC=O. The maximum Gasteiger partial charge on any atom is 0.302 e. The minimum atomic E-state index is -0.460. The Morgan fingerprint density at radius 1 is 1.38 bits per heavy atom. The maximum atomic E-state index is 12.2. The van der Waals surface area contributed by atoms with Gasteiger partial charge in [-0.1, -0.05) is 30.3 Å². The summed E-state index contributed by atoms with van der Waals surface area (Å²) in [6.45, 7) is 1.81. The predicted molar refractivity (Wildman–Crippen MR) is 76.2 cm³/mol. The number of benzene rings is 1. The third kappa shape index (κ3) is 3.90. The van der Waals surface area contributed by atoms with E-state index in [1.807, 2.05) is 30.3 Å². The highest BCUT2D eigenvalue weighted by Crippen LogP contribution is 2.27. The molecule has 0 saturated carbocycles. The molecule has 0 radical (unpaired) electrons. The Kier molecular flexibility index (Phi) is 5.09. The van der Waals surface area contributed by atoms with Crippen molar-refractivity contribution in [3.8, 4) is 0 Å². The van der Waals surface area contributed by atoms with Crippen molar-refractivity contribution in [2.24, 2.45) is 0 Å². The van der Waals surface area contributed by atoms with Crippen LogP contribution in [0.25, 0.3) is 0 Å². The second kappa shape index (κ2) is 7.02. The number of nitrogens with zero attached hydrogens (tertiary/aromatic N) is 1. The third-order valence-corrected chi connectivity index (χ3v) is 3.62. The Morgan fingerprint density at radius 3 is 2.71 bits per heavy atom. The lowest BCUT2D eigenvalue weighted by Gasteiger charge is -2.27. The number of ether oxygens (including phenoxy) is 1. The van der Waals surface area contributed by atoms with Crippen LogP contribution in [0.15, 0.2) is 30.3 Å². The summed E-state index contributed by atoms with van der Waals surface area (Å²) in [4.78, 5) is 35.7. The molecule has 0 spiro atoms. The van der Waals surface area contributed by atoms with Gasteiger partial charge in [-0.05, 0) is 12.0 Å². The van der Waals surface area contributed by atoms with Crippen molar-refractivity contribution in [2.45, 2.75) is 44.9 Å². The molecule has 0 aromatic heterocycles. The van der Waals surface area contributed by atoms with Gasteiger partial charge in [-0.15, -0.1) is 0 Å². The van der Waals surface area contributed by atoms with Crippen LogP contribution in [0.5, 0.6) is 0 Å². The fourth-order valence-electron chi connectivity index (χ4n) is 2.71. The molecule has 2 rings (SSSR count). The number of hydrogen-bond acceptors (Lipinski definition) is 4. The first kappa shape index (κ1) is 15.2. The molecule has 2 atom stereocenters. The summed E-state index contributed by atoms with van der Waals surface area (Å²) in [5, 5.41) is 0. The topological polar surface area (TPSA) is 63.7 Å². The number of aldehydes is 1. The van der Waals surface area contributed by atoms with Crippen molar-refractivity contribution in [1.82, 2.24) is 4.90 Å². The lowest BCUT2D eigenvalue weighted by molar-refractivity contribution is -0.147. The summed E-state index contributed by atoms with van der Waals surface area (Å²) in [6.07, 6.45) is 1.42. The highest BCUT2D eigenvalue weighted by atomic mass is 16.5. The predicted octanol–water partition coefficient (Wildman–Crippen LogP) is 1.70. The Balaban J connectivity index is 2.13. The normalized spacial score (nSPS) is 21.4. The van der Waals surface area contributed by atoms with E-state index in [4.69, 9.17) is 4.74 Å². The molecule has 1 aromatic carbocycles. The minimum absolute atomic E-state index is 0.0407. The van der Waals surface area contributed by atoms with Crippen LogP contribution in [-0.2, 0) is 25.7 Å². The van der Waals surface area contributed by atoms with Gasteiger partial charge in [0.2, 0.25) is 5.91 Å². The van der Waals surface area contributed by atoms with Crippen molar-refractivity contribution in [2.75, 3.05) is 0 Å². The molecule has 1 aromatic rings. The molecule has 5 nitrogen and oxygen atoms in total. The molecule has 0 N–H and O–H groups in total. The second-order valence-corrected chi connectivity index (χ2v) is 5.17. The minimum Gasteiger partial charge on any atom is -0.460 e. The smallest absolute Gasteiger partial charge is 0.302 e. The number of carbonyl (C=O) groups is 3. The van der Waals surface area contributed by atoms with Gasteiger partial charge < -0.3 is 14.4 Å². The van der Waals surface area contributed by atoms with Gasteiger partial charge in [0.1, 0.15) is 12.4 Å². The van der Waals surface area contributed by atoms with Crippen LogP contribution in [0, 0.1) is 0 Å². The second-order valence-electron chi connectivity index (χ2n) is 5.17. The Morgan fingerprint density at radius 2 is 2.10 bits per heavy atom. The number of likely N-dealkylation sites (tertiary alicyclic amines) is 1. The van der Waals surface area contributed by atoms with Crippen molar-refractivity contribution in [1.29, 1.82) is 0 Å². The zero-order valence-corrected chi connectivity index (χ0v) is 12.0. The number of carbonyl (C=O) groups excluding carboxylic acids is 3. The van der Waals surface area contributed by atoms with Crippen LogP contribution in [-0.4, -0.2) is 35.2 Å². The molecule has 112 valence electrons. The lowest BCUT2D eigenvalue weighted by Crippen LogP contribution is -2.38. The summed E-state index contributed by atoms with van der Waals surface area (Å²) < 4.78 is 5.24. The highest BCUT2D eigenvalue weighted by Gasteiger charge is 2.41. The van der Waals surface area contributed by atoms with E-state index in [1.165, 1.54) is 6.92 Å².